The predicted molar refractivity (Wildman–Crippen MR) is 51.2 cm³/mol. The second-order valence-corrected chi connectivity index (χ2v) is 3.73. The Labute approximate surface area is 116 Å². The Morgan fingerprint density at radius 2 is 0.955 bits per heavy atom. The van der Waals surface area contributed by atoms with Crippen LogP contribution in [0.5, 0.6) is 17.2 Å². The first-order chi connectivity index (χ1) is 9.66. The van der Waals surface area contributed by atoms with Crippen LogP contribution in [-0.4, -0.2) is 19.1 Å². The summed E-state index contributed by atoms with van der Waals surface area (Å²) in [5, 5.41) is 0. The van der Waals surface area contributed by atoms with Crippen molar-refractivity contribution >= 4 is 0 Å². The highest BCUT2D eigenvalue weighted by Crippen LogP contribution is 2.45. The monoisotopic (exact) mass is 344 g/mol. The lowest BCUT2D eigenvalue weighted by Crippen LogP contribution is -2.23. The van der Waals surface area contributed by atoms with E-state index in [1.54, 1.807) is 0 Å². The van der Waals surface area contributed by atoms with E-state index in [9.17, 15) is 39.5 Å². The minimum atomic E-state index is -5.57. The van der Waals surface area contributed by atoms with Crippen molar-refractivity contribution in [3.05, 3.63) is 17.7 Å². The summed E-state index contributed by atoms with van der Waals surface area (Å²) in [6.45, 7) is 1.02. The van der Waals surface area contributed by atoms with E-state index in [1.165, 1.54) is 0 Å². The Balaban J connectivity index is 3.40. The molecule has 0 amide bonds. The minimum absolute atomic E-state index is 0.284. The second kappa shape index (κ2) is 5.65. The number of benzene rings is 1. The van der Waals surface area contributed by atoms with Gasteiger partial charge in [0.25, 0.3) is 0 Å². The molecule has 3 nitrogen and oxygen atoms in total. The van der Waals surface area contributed by atoms with Crippen LogP contribution >= 0.6 is 0 Å². The molecule has 1 rings (SSSR count). The maximum atomic E-state index is 12.2. The zero-order chi connectivity index (χ0) is 17.3. The molecule has 0 aromatic heterocycles. The molecule has 1 aromatic rings. The van der Waals surface area contributed by atoms with Gasteiger partial charge in [0.1, 0.15) is 0 Å². The van der Waals surface area contributed by atoms with Crippen LogP contribution in [-0.2, 0) is 0 Å². The summed E-state index contributed by atoms with van der Waals surface area (Å²) < 4.78 is 119. The molecule has 0 N–H and O–H groups in total. The maximum absolute atomic E-state index is 12.2. The van der Waals surface area contributed by atoms with Crippen molar-refractivity contribution < 1.29 is 53.7 Å². The van der Waals surface area contributed by atoms with Crippen molar-refractivity contribution in [3.8, 4) is 17.2 Å². The number of halogens is 9. The summed E-state index contributed by atoms with van der Waals surface area (Å²) in [5.74, 6) is -5.14. The van der Waals surface area contributed by atoms with Crippen LogP contribution in [0.2, 0.25) is 0 Å². The van der Waals surface area contributed by atoms with Crippen molar-refractivity contribution in [2.75, 3.05) is 0 Å². The summed E-state index contributed by atoms with van der Waals surface area (Å²) in [7, 11) is 0. The molecule has 0 bridgehead atoms. The highest BCUT2D eigenvalue weighted by molar-refractivity contribution is 5.54. The molecule has 0 fully saturated rings. The quantitative estimate of drug-likeness (QED) is 0.745. The van der Waals surface area contributed by atoms with Gasteiger partial charge in [0, 0.05) is 0 Å². The number of aryl methyl sites for hydroxylation is 1. The van der Waals surface area contributed by atoms with E-state index in [1.807, 2.05) is 0 Å². The van der Waals surface area contributed by atoms with Crippen LogP contribution in [0.4, 0.5) is 39.5 Å². The summed E-state index contributed by atoms with van der Waals surface area (Å²) in [5.41, 5.74) is -0.284. The lowest BCUT2D eigenvalue weighted by molar-refractivity contribution is -0.293. The van der Waals surface area contributed by atoms with Gasteiger partial charge in [0.15, 0.2) is 11.5 Å². The molecule has 1 aromatic carbocycles. The molecule has 0 aliphatic rings. The normalized spacial score (nSPS) is 13.0. The molecule has 0 spiro atoms. The molecular formula is C10H5F9O3. The van der Waals surface area contributed by atoms with Gasteiger partial charge in [-0.2, -0.15) is 0 Å². The van der Waals surface area contributed by atoms with E-state index in [0.717, 1.165) is 6.92 Å². The number of alkyl halides is 9. The average molecular weight is 344 g/mol. The molecule has 0 atom stereocenters. The van der Waals surface area contributed by atoms with Crippen LogP contribution in [0.3, 0.4) is 0 Å². The maximum Gasteiger partial charge on any atom is 0.573 e. The zero-order valence-corrected chi connectivity index (χ0v) is 10.3. The second-order valence-electron chi connectivity index (χ2n) is 3.73. The summed E-state index contributed by atoms with van der Waals surface area (Å²) in [6, 6.07) is 0.829. The van der Waals surface area contributed by atoms with E-state index in [-0.39, 0.29) is 5.56 Å². The fraction of sp³-hybridized carbons (Fsp3) is 0.400. The lowest BCUT2D eigenvalue weighted by atomic mass is 10.2. The molecule has 126 valence electrons. The SMILES string of the molecule is Cc1cc(OC(F)(F)F)c(OC(F)(F)F)c(OC(F)(F)F)c1. The minimum Gasteiger partial charge on any atom is -0.402 e. The van der Waals surface area contributed by atoms with Crippen LogP contribution in [0, 0.1) is 6.92 Å². The molecule has 0 aliphatic heterocycles. The van der Waals surface area contributed by atoms with Gasteiger partial charge in [-0.05, 0) is 24.6 Å². The third-order valence-electron chi connectivity index (χ3n) is 1.83. The summed E-state index contributed by atoms with van der Waals surface area (Å²) in [4.78, 5) is 0. The lowest BCUT2D eigenvalue weighted by Gasteiger charge is -2.19. The van der Waals surface area contributed by atoms with E-state index in [2.05, 4.69) is 14.2 Å². The van der Waals surface area contributed by atoms with Crippen molar-refractivity contribution in [2.24, 2.45) is 0 Å². The molecule has 0 saturated heterocycles. The van der Waals surface area contributed by atoms with Gasteiger partial charge in [-0.25, -0.2) is 0 Å². The zero-order valence-electron chi connectivity index (χ0n) is 10.3. The first kappa shape index (κ1) is 18.0. The highest BCUT2D eigenvalue weighted by atomic mass is 19.4. The van der Waals surface area contributed by atoms with Crippen molar-refractivity contribution in [1.82, 2.24) is 0 Å². The van der Waals surface area contributed by atoms with E-state index < -0.39 is 36.3 Å². The number of hydrogen-bond donors (Lipinski definition) is 0. The van der Waals surface area contributed by atoms with Gasteiger partial charge < -0.3 is 14.2 Å². The Bertz CT molecular complexity index is 493. The van der Waals surface area contributed by atoms with Gasteiger partial charge in [0.2, 0.25) is 5.75 Å². The topological polar surface area (TPSA) is 27.7 Å². The fourth-order valence-corrected chi connectivity index (χ4v) is 1.33. The standard InChI is InChI=1S/C10H5F9O3/c1-4-2-5(20-8(11,12)13)7(22-10(17,18)19)6(3-4)21-9(14,15)16/h2-3H,1H3. The Kier molecular flexibility index (Phi) is 4.63. The van der Waals surface area contributed by atoms with Gasteiger partial charge >= 0.3 is 19.1 Å². The number of ether oxygens (including phenoxy) is 3. The van der Waals surface area contributed by atoms with E-state index in [0.29, 0.717) is 12.1 Å². The number of rotatable bonds is 3. The highest BCUT2D eigenvalue weighted by Gasteiger charge is 2.40. The van der Waals surface area contributed by atoms with Crippen molar-refractivity contribution in [2.45, 2.75) is 26.0 Å². The van der Waals surface area contributed by atoms with Crippen LogP contribution in [0.25, 0.3) is 0 Å². The van der Waals surface area contributed by atoms with Crippen molar-refractivity contribution in [1.29, 1.82) is 0 Å². The molecule has 12 heteroatoms. The first-order valence-corrected chi connectivity index (χ1v) is 5.08. The van der Waals surface area contributed by atoms with Crippen LogP contribution in [0.15, 0.2) is 12.1 Å². The molecule has 0 heterocycles. The first-order valence-electron chi connectivity index (χ1n) is 5.08. The van der Waals surface area contributed by atoms with E-state index >= 15 is 0 Å². The van der Waals surface area contributed by atoms with Crippen LogP contribution < -0.4 is 14.2 Å². The Morgan fingerprint density at radius 1 is 0.636 bits per heavy atom. The predicted octanol–water partition coefficient (Wildman–Crippen LogP) is 4.69. The fourth-order valence-electron chi connectivity index (χ4n) is 1.33. The van der Waals surface area contributed by atoms with Gasteiger partial charge in [-0.3, -0.25) is 0 Å². The molecule has 0 unspecified atom stereocenters. The molecule has 0 saturated carbocycles. The van der Waals surface area contributed by atoms with Gasteiger partial charge in [-0.1, -0.05) is 0 Å². The van der Waals surface area contributed by atoms with Crippen LogP contribution in [0.1, 0.15) is 5.56 Å². The third kappa shape index (κ3) is 6.18. The van der Waals surface area contributed by atoms with Gasteiger partial charge in [0.05, 0.1) is 0 Å². The Morgan fingerprint density at radius 3 is 1.23 bits per heavy atom. The molecular weight excluding hydrogens is 339 g/mol. The number of hydrogen-bond acceptors (Lipinski definition) is 3. The summed E-state index contributed by atoms with van der Waals surface area (Å²) >= 11 is 0. The van der Waals surface area contributed by atoms with E-state index in [4.69, 9.17) is 0 Å². The third-order valence-corrected chi connectivity index (χ3v) is 1.83. The smallest absolute Gasteiger partial charge is 0.402 e. The average Bonchev–Trinajstić information content (AvgIpc) is 2.16. The van der Waals surface area contributed by atoms with Gasteiger partial charge in [-0.15, -0.1) is 39.5 Å². The molecule has 0 radical (unpaired) electrons. The summed E-state index contributed by atoms with van der Waals surface area (Å²) in [6.07, 6.45) is -16.5. The Hall–Kier alpha value is -2.01. The molecule has 0 aliphatic carbocycles. The largest absolute Gasteiger partial charge is 0.573 e. The van der Waals surface area contributed by atoms with Crippen molar-refractivity contribution in [3.63, 3.8) is 0 Å². The molecule has 22 heavy (non-hydrogen) atoms.